The van der Waals surface area contributed by atoms with E-state index in [1.54, 1.807) is 0 Å². The number of benzene rings is 1. The lowest BCUT2D eigenvalue weighted by Crippen LogP contribution is -2.46. The first-order valence-electron chi connectivity index (χ1n) is 6.71. The molecule has 1 aromatic rings. The Balaban J connectivity index is 2.05. The second kappa shape index (κ2) is 5.80. The first kappa shape index (κ1) is 14.8. The van der Waals surface area contributed by atoms with Crippen molar-refractivity contribution >= 4 is 11.6 Å². The van der Waals surface area contributed by atoms with E-state index in [4.69, 9.17) is 22.1 Å². The van der Waals surface area contributed by atoms with E-state index in [0.717, 1.165) is 18.2 Å². The summed E-state index contributed by atoms with van der Waals surface area (Å²) in [6.45, 7) is 6.71. The van der Waals surface area contributed by atoms with Crippen LogP contribution in [0, 0.1) is 5.41 Å². The van der Waals surface area contributed by atoms with Gasteiger partial charge in [-0.1, -0.05) is 30.7 Å². The molecule has 106 valence electrons. The van der Waals surface area contributed by atoms with E-state index in [1.165, 1.54) is 5.56 Å². The molecule has 4 heteroatoms. The summed E-state index contributed by atoms with van der Waals surface area (Å²) >= 11 is 6.06. The minimum Gasteiger partial charge on any atom is -0.379 e. The molecule has 1 aliphatic rings. The molecule has 1 heterocycles. The Morgan fingerprint density at radius 3 is 2.89 bits per heavy atom. The van der Waals surface area contributed by atoms with Gasteiger partial charge in [0, 0.05) is 29.1 Å². The second-order valence-corrected chi connectivity index (χ2v) is 6.36. The third kappa shape index (κ3) is 3.29. The van der Waals surface area contributed by atoms with Gasteiger partial charge >= 0.3 is 0 Å². The Morgan fingerprint density at radius 2 is 2.32 bits per heavy atom. The molecule has 3 nitrogen and oxygen atoms in total. The fraction of sp³-hybridized carbons (Fsp3) is 0.600. The number of hydrogen-bond donors (Lipinski definition) is 1. The van der Waals surface area contributed by atoms with Gasteiger partial charge in [-0.15, -0.1) is 0 Å². The molecule has 1 aliphatic heterocycles. The first-order valence-corrected chi connectivity index (χ1v) is 7.09. The van der Waals surface area contributed by atoms with Gasteiger partial charge in [0.1, 0.15) is 0 Å². The highest BCUT2D eigenvalue weighted by Crippen LogP contribution is 2.31. The molecule has 1 aromatic carbocycles. The zero-order valence-electron chi connectivity index (χ0n) is 11.9. The lowest BCUT2D eigenvalue weighted by Gasteiger charge is -2.35. The molecular formula is C15H23ClN2O. The third-order valence-electron chi connectivity index (χ3n) is 4.23. The number of rotatable bonds is 4. The molecule has 0 aliphatic carbocycles. The zero-order valence-corrected chi connectivity index (χ0v) is 12.7. The van der Waals surface area contributed by atoms with Crippen LogP contribution < -0.4 is 5.73 Å². The molecule has 2 rings (SSSR count). The van der Waals surface area contributed by atoms with Crippen LogP contribution in [0.25, 0.3) is 0 Å². The normalized spacial score (nSPS) is 28.8. The van der Waals surface area contributed by atoms with Crippen LogP contribution in [0.2, 0.25) is 5.02 Å². The molecule has 3 atom stereocenters. The Morgan fingerprint density at radius 1 is 1.58 bits per heavy atom. The van der Waals surface area contributed by atoms with E-state index in [1.807, 2.05) is 18.2 Å². The number of hydrogen-bond acceptors (Lipinski definition) is 3. The van der Waals surface area contributed by atoms with E-state index in [-0.39, 0.29) is 11.5 Å². The van der Waals surface area contributed by atoms with Gasteiger partial charge in [-0.05, 0) is 31.7 Å². The van der Waals surface area contributed by atoms with Crippen molar-refractivity contribution in [1.82, 2.24) is 4.90 Å². The maximum Gasteiger partial charge on any atom is 0.0624 e. The van der Waals surface area contributed by atoms with Gasteiger partial charge in [0.05, 0.1) is 13.2 Å². The summed E-state index contributed by atoms with van der Waals surface area (Å²) in [5.41, 5.74) is 7.41. The average Bonchev–Trinajstić information content (AvgIpc) is 2.68. The Labute approximate surface area is 120 Å². The van der Waals surface area contributed by atoms with Crippen LogP contribution in [0.5, 0.6) is 0 Å². The molecule has 3 unspecified atom stereocenters. The summed E-state index contributed by atoms with van der Waals surface area (Å²) in [7, 11) is 2.13. The molecule has 0 radical (unpaired) electrons. The summed E-state index contributed by atoms with van der Waals surface area (Å²) in [6.07, 6.45) is 0. The number of ether oxygens (including phenoxy) is 1. The number of halogens is 1. The van der Waals surface area contributed by atoms with Crippen molar-refractivity contribution in [2.45, 2.75) is 25.9 Å². The lowest BCUT2D eigenvalue weighted by atomic mass is 9.85. The SMILES string of the molecule is CC(c1cccc(Cl)c1)N(C)CC1(C)COCC1N. The van der Waals surface area contributed by atoms with E-state index in [9.17, 15) is 0 Å². The van der Waals surface area contributed by atoms with Crippen LogP contribution in [-0.4, -0.2) is 37.7 Å². The topological polar surface area (TPSA) is 38.5 Å². The van der Waals surface area contributed by atoms with E-state index in [2.05, 4.69) is 31.9 Å². The average molecular weight is 283 g/mol. The van der Waals surface area contributed by atoms with Gasteiger partial charge < -0.3 is 10.5 Å². The summed E-state index contributed by atoms with van der Waals surface area (Å²) in [4.78, 5) is 2.32. The van der Waals surface area contributed by atoms with Gasteiger partial charge in [-0.3, -0.25) is 4.90 Å². The Bertz CT molecular complexity index is 440. The van der Waals surface area contributed by atoms with Gasteiger partial charge in [-0.2, -0.15) is 0 Å². The highest BCUT2D eigenvalue weighted by Gasteiger charge is 2.39. The number of nitrogens with two attached hydrogens (primary N) is 1. The van der Waals surface area contributed by atoms with Crippen molar-refractivity contribution in [1.29, 1.82) is 0 Å². The van der Waals surface area contributed by atoms with Crippen LogP contribution in [0.4, 0.5) is 0 Å². The highest BCUT2D eigenvalue weighted by molar-refractivity contribution is 6.30. The minimum atomic E-state index is 0.0294. The van der Waals surface area contributed by atoms with E-state index in [0.29, 0.717) is 12.6 Å². The molecule has 19 heavy (non-hydrogen) atoms. The standard InChI is InChI=1S/C15H23ClN2O/c1-11(12-5-4-6-13(16)7-12)18(3)9-15(2)10-19-8-14(15)17/h4-7,11,14H,8-10,17H2,1-3H3. The van der Waals surface area contributed by atoms with Crippen molar-refractivity contribution in [2.75, 3.05) is 26.8 Å². The maximum atomic E-state index is 6.15. The summed E-state index contributed by atoms with van der Waals surface area (Å²) in [5, 5.41) is 0.782. The van der Waals surface area contributed by atoms with Crippen LogP contribution in [-0.2, 0) is 4.74 Å². The molecule has 1 fully saturated rings. The van der Waals surface area contributed by atoms with E-state index >= 15 is 0 Å². The molecule has 0 bridgehead atoms. The predicted octanol–water partition coefficient (Wildman–Crippen LogP) is 2.70. The second-order valence-electron chi connectivity index (χ2n) is 5.92. The van der Waals surface area contributed by atoms with Gasteiger partial charge in [-0.25, -0.2) is 0 Å². The van der Waals surface area contributed by atoms with Gasteiger partial charge in [0.15, 0.2) is 0 Å². The van der Waals surface area contributed by atoms with Crippen molar-refractivity contribution in [2.24, 2.45) is 11.1 Å². The largest absolute Gasteiger partial charge is 0.379 e. The number of nitrogens with zero attached hydrogens (tertiary/aromatic N) is 1. The van der Waals surface area contributed by atoms with Crippen LogP contribution in [0.3, 0.4) is 0 Å². The highest BCUT2D eigenvalue weighted by atomic mass is 35.5. The fourth-order valence-electron chi connectivity index (χ4n) is 2.62. The predicted molar refractivity (Wildman–Crippen MR) is 79.4 cm³/mol. The molecule has 0 amide bonds. The lowest BCUT2D eigenvalue weighted by molar-refractivity contribution is 0.114. The monoisotopic (exact) mass is 282 g/mol. The smallest absolute Gasteiger partial charge is 0.0624 e. The van der Waals surface area contributed by atoms with Crippen molar-refractivity contribution in [3.63, 3.8) is 0 Å². The van der Waals surface area contributed by atoms with Crippen LogP contribution in [0.1, 0.15) is 25.5 Å². The van der Waals surface area contributed by atoms with Crippen molar-refractivity contribution in [3.8, 4) is 0 Å². The molecular weight excluding hydrogens is 260 g/mol. The quantitative estimate of drug-likeness (QED) is 0.923. The zero-order chi connectivity index (χ0) is 14.0. The maximum absolute atomic E-state index is 6.15. The summed E-state index contributed by atoms with van der Waals surface area (Å²) in [6, 6.07) is 8.45. The molecule has 0 spiro atoms. The first-order chi connectivity index (χ1) is 8.92. The summed E-state index contributed by atoms with van der Waals surface area (Å²) < 4.78 is 5.51. The molecule has 1 saturated heterocycles. The van der Waals surface area contributed by atoms with E-state index < -0.39 is 0 Å². The minimum absolute atomic E-state index is 0.0294. The van der Waals surface area contributed by atoms with Gasteiger partial charge in [0.2, 0.25) is 0 Å². The molecule has 0 aromatic heterocycles. The Hall–Kier alpha value is -0.610. The Kier molecular flexibility index (Phi) is 4.51. The third-order valence-corrected chi connectivity index (χ3v) is 4.46. The van der Waals surface area contributed by atoms with Gasteiger partial charge in [0.25, 0.3) is 0 Å². The van der Waals surface area contributed by atoms with Crippen LogP contribution in [0.15, 0.2) is 24.3 Å². The van der Waals surface area contributed by atoms with Crippen LogP contribution >= 0.6 is 11.6 Å². The molecule has 2 N–H and O–H groups in total. The fourth-order valence-corrected chi connectivity index (χ4v) is 2.82. The van der Waals surface area contributed by atoms with Crippen molar-refractivity contribution in [3.05, 3.63) is 34.9 Å². The molecule has 0 saturated carbocycles. The summed E-state index contributed by atoms with van der Waals surface area (Å²) in [5.74, 6) is 0. The van der Waals surface area contributed by atoms with Crippen molar-refractivity contribution < 1.29 is 4.74 Å².